The van der Waals surface area contributed by atoms with Gasteiger partial charge in [-0.05, 0) is 50.5 Å². The van der Waals surface area contributed by atoms with Crippen LogP contribution >= 0.6 is 11.8 Å². The van der Waals surface area contributed by atoms with Crippen LogP contribution in [0.4, 0.5) is 0 Å². The first-order chi connectivity index (χ1) is 13.9. The van der Waals surface area contributed by atoms with Crippen LogP contribution in [0, 0.1) is 13.8 Å². The summed E-state index contributed by atoms with van der Waals surface area (Å²) in [5.41, 5.74) is 4.36. The number of ether oxygens (including phenoxy) is 1. The molecule has 2 heterocycles. The van der Waals surface area contributed by atoms with Crippen molar-refractivity contribution in [2.45, 2.75) is 45.5 Å². The second kappa shape index (κ2) is 9.60. The minimum absolute atomic E-state index is 0.0481. The SMILES string of the molecule is Cc1ccc(C)c(-n2ccnc2SCC(=O)NCc2ccc(OC(C)C)nc2)c1. The van der Waals surface area contributed by atoms with Gasteiger partial charge in [-0.15, -0.1) is 0 Å². The van der Waals surface area contributed by atoms with E-state index in [0.29, 0.717) is 18.2 Å². The molecule has 7 heteroatoms. The molecule has 0 saturated carbocycles. The minimum atomic E-state index is -0.0481. The molecule has 3 rings (SSSR count). The van der Waals surface area contributed by atoms with Gasteiger partial charge in [0.05, 0.1) is 17.5 Å². The van der Waals surface area contributed by atoms with E-state index in [2.05, 4.69) is 47.3 Å². The van der Waals surface area contributed by atoms with Gasteiger partial charge in [0.15, 0.2) is 5.16 Å². The summed E-state index contributed by atoms with van der Waals surface area (Å²) in [5.74, 6) is 0.834. The number of nitrogens with one attached hydrogen (secondary N) is 1. The van der Waals surface area contributed by atoms with Gasteiger partial charge in [0, 0.05) is 31.2 Å². The fourth-order valence-corrected chi connectivity index (χ4v) is 3.56. The first kappa shape index (κ1) is 20.9. The molecule has 152 valence electrons. The summed E-state index contributed by atoms with van der Waals surface area (Å²) < 4.78 is 7.55. The van der Waals surface area contributed by atoms with Crippen LogP contribution in [0.25, 0.3) is 5.69 Å². The highest BCUT2D eigenvalue weighted by Gasteiger charge is 2.11. The number of aromatic nitrogens is 3. The van der Waals surface area contributed by atoms with Crippen molar-refractivity contribution in [2.24, 2.45) is 0 Å². The van der Waals surface area contributed by atoms with E-state index in [9.17, 15) is 4.79 Å². The summed E-state index contributed by atoms with van der Waals surface area (Å²) in [5, 5.41) is 3.72. The monoisotopic (exact) mass is 410 g/mol. The molecule has 29 heavy (non-hydrogen) atoms. The molecule has 1 amide bonds. The Balaban J connectivity index is 1.54. The number of hydrogen-bond acceptors (Lipinski definition) is 5. The molecule has 0 aliphatic heterocycles. The molecule has 0 fully saturated rings. The van der Waals surface area contributed by atoms with Gasteiger partial charge in [0.1, 0.15) is 0 Å². The Labute approximate surface area is 175 Å². The summed E-state index contributed by atoms with van der Waals surface area (Å²) in [7, 11) is 0. The molecule has 6 nitrogen and oxygen atoms in total. The number of thioether (sulfide) groups is 1. The van der Waals surface area contributed by atoms with Crippen LogP contribution in [0.15, 0.2) is 54.1 Å². The lowest BCUT2D eigenvalue weighted by atomic mass is 10.1. The Bertz CT molecular complexity index is 967. The largest absolute Gasteiger partial charge is 0.475 e. The highest BCUT2D eigenvalue weighted by atomic mass is 32.2. The van der Waals surface area contributed by atoms with E-state index in [1.807, 2.05) is 36.7 Å². The molecule has 0 aliphatic carbocycles. The lowest BCUT2D eigenvalue weighted by molar-refractivity contribution is -0.118. The lowest BCUT2D eigenvalue weighted by Gasteiger charge is -2.11. The summed E-state index contributed by atoms with van der Waals surface area (Å²) in [6.45, 7) is 8.48. The van der Waals surface area contributed by atoms with Crippen molar-refractivity contribution in [1.82, 2.24) is 19.9 Å². The third kappa shape index (κ3) is 5.84. The van der Waals surface area contributed by atoms with Crippen LogP contribution in [0.2, 0.25) is 0 Å². The van der Waals surface area contributed by atoms with Crippen molar-refractivity contribution in [3.63, 3.8) is 0 Å². The number of nitrogens with zero attached hydrogens (tertiary/aromatic N) is 3. The predicted molar refractivity (Wildman–Crippen MR) is 116 cm³/mol. The number of aryl methyl sites for hydroxylation is 2. The summed E-state index contributed by atoms with van der Waals surface area (Å²) in [6.07, 6.45) is 5.49. The lowest BCUT2D eigenvalue weighted by Crippen LogP contribution is -2.24. The average Bonchev–Trinajstić information content (AvgIpc) is 3.15. The Morgan fingerprint density at radius 3 is 2.76 bits per heavy atom. The van der Waals surface area contributed by atoms with E-state index in [0.717, 1.165) is 22.0 Å². The summed E-state index contributed by atoms with van der Waals surface area (Å²) in [4.78, 5) is 20.9. The normalized spacial score (nSPS) is 10.9. The number of imidazole rings is 1. The van der Waals surface area contributed by atoms with Crippen LogP contribution in [0.5, 0.6) is 5.88 Å². The van der Waals surface area contributed by atoms with Crippen molar-refractivity contribution in [3.05, 3.63) is 65.6 Å². The van der Waals surface area contributed by atoms with E-state index < -0.39 is 0 Å². The number of amides is 1. The number of hydrogen-bond donors (Lipinski definition) is 1. The molecule has 1 N–H and O–H groups in total. The molecule has 0 saturated heterocycles. The first-order valence-corrected chi connectivity index (χ1v) is 10.5. The molecule has 0 unspecified atom stereocenters. The standard InChI is InChI=1S/C22H26N4O2S/c1-15(2)28-21-8-7-18(13-25-21)12-24-20(27)14-29-22-23-9-10-26(22)19-11-16(3)5-6-17(19)4/h5-11,13,15H,12,14H2,1-4H3,(H,24,27). The van der Waals surface area contributed by atoms with Gasteiger partial charge in [-0.3, -0.25) is 9.36 Å². The number of rotatable bonds is 8. The van der Waals surface area contributed by atoms with E-state index >= 15 is 0 Å². The van der Waals surface area contributed by atoms with Gasteiger partial charge >= 0.3 is 0 Å². The van der Waals surface area contributed by atoms with Gasteiger partial charge in [0.25, 0.3) is 0 Å². The maximum absolute atomic E-state index is 12.3. The summed E-state index contributed by atoms with van der Waals surface area (Å²) in [6, 6.07) is 10.0. The number of benzene rings is 1. The zero-order chi connectivity index (χ0) is 20.8. The van der Waals surface area contributed by atoms with Crippen molar-refractivity contribution in [2.75, 3.05) is 5.75 Å². The predicted octanol–water partition coefficient (Wildman–Crippen LogP) is 4.08. The Morgan fingerprint density at radius 1 is 1.21 bits per heavy atom. The zero-order valence-corrected chi connectivity index (χ0v) is 18.0. The Hall–Kier alpha value is -2.80. The van der Waals surface area contributed by atoms with E-state index in [1.54, 1.807) is 12.4 Å². The van der Waals surface area contributed by atoms with E-state index in [-0.39, 0.29) is 12.0 Å². The van der Waals surface area contributed by atoms with Crippen LogP contribution in [0.1, 0.15) is 30.5 Å². The van der Waals surface area contributed by atoms with Crippen LogP contribution < -0.4 is 10.1 Å². The minimum Gasteiger partial charge on any atom is -0.475 e. The van der Waals surface area contributed by atoms with Crippen LogP contribution in [-0.2, 0) is 11.3 Å². The third-order valence-electron chi connectivity index (χ3n) is 4.21. The number of carbonyl (C=O) groups is 1. The molecule has 0 spiro atoms. The van der Waals surface area contributed by atoms with E-state index in [4.69, 9.17) is 4.74 Å². The smallest absolute Gasteiger partial charge is 0.230 e. The average molecular weight is 411 g/mol. The maximum atomic E-state index is 12.3. The number of pyridine rings is 1. The molecule has 0 radical (unpaired) electrons. The van der Waals surface area contributed by atoms with Crippen molar-refractivity contribution >= 4 is 17.7 Å². The second-order valence-corrected chi connectivity index (χ2v) is 8.05. The Morgan fingerprint density at radius 2 is 2.03 bits per heavy atom. The Kier molecular flexibility index (Phi) is 6.93. The fraction of sp³-hybridized carbons (Fsp3) is 0.318. The molecule has 1 aromatic carbocycles. The molecular formula is C22H26N4O2S. The molecule has 2 aromatic heterocycles. The molecule has 0 aliphatic rings. The van der Waals surface area contributed by atoms with Gasteiger partial charge in [-0.1, -0.05) is 30.0 Å². The van der Waals surface area contributed by atoms with E-state index in [1.165, 1.54) is 17.3 Å². The van der Waals surface area contributed by atoms with Crippen LogP contribution in [0.3, 0.4) is 0 Å². The third-order valence-corrected chi connectivity index (χ3v) is 5.17. The van der Waals surface area contributed by atoms with Gasteiger partial charge in [-0.25, -0.2) is 9.97 Å². The number of carbonyl (C=O) groups excluding carboxylic acids is 1. The fourth-order valence-electron chi connectivity index (χ4n) is 2.77. The molecule has 0 atom stereocenters. The van der Waals surface area contributed by atoms with Crippen LogP contribution in [-0.4, -0.2) is 32.3 Å². The van der Waals surface area contributed by atoms with Crippen molar-refractivity contribution in [3.8, 4) is 11.6 Å². The highest BCUT2D eigenvalue weighted by molar-refractivity contribution is 7.99. The van der Waals surface area contributed by atoms with Gasteiger partial charge in [-0.2, -0.15) is 0 Å². The van der Waals surface area contributed by atoms with Crippen molar-refractivity contribution in [1.29, 1.82) is 0 Å². The zero-order valence-electron chi connectivity index (χ0n) is 17.2. The molecule has 0 bridgehead atoms. The van der Waals surface area contributed by atoms with Gasteiger partial charge in [0.2, 0.25) is 11.8 Å². The molecular weight excluding hydrogens is 384 g/mol. The maximum Gasteiger partial charge on any atom is 0.230 e. The topological polar surface area (TPSA) is 69.0 Å². The van der Waals surface area contributed by atoms with Crippen molar-refractivity contribution < 1.29 is 9.53 Å². The first-order valence-electron chi connectivity index (χ1n) is 9.54. The van der Waals surface area contributed by atoms with Gasteiger partial charge < -0.3 is 10.1 Å². The summed E-state index contributed by atoms with van der Waals surface area (Å²) >= 11 is 1.42. The quantitative estimate of drug-likeness (QED) is 0.567. The second-order valence-electron chi connectivity index (χ2n) is 7.11. The highest BCUT2D eigenvalue weighted by Crippen LogP contribution is 2.23. The molecule has 3 aromatic rings.